The van der Waals surface area contributed by atoms with Gasteiger partial charge in [0.2, 0.25) is 5.91 Å². The molecule has 2 aliphatic rings. The molecular weight excluding hydrogens is 451 g/mol. The highest BCUT2D eigenvalue weighted by Crippen LogP contribution is 2.33. The van der Waals surface area contributed by atoms with Gasteiger partial charge in [-0.3, -0.25) is 14.4 Å². The Kier molecular flexibility index (Phi) is 7.59. The zero-order valence-corrected chi connectivity index (χ0v) is 19.9. The number of ether oxygens (including phenoxy) is 1. The molecule has 0 bridgehead atoms. The van der Waals surface area contributed by atoms with Crippen LogP contribution in [0, 0.1) is 5.92 Å². The number of carbonyl (C=O) groups excluding carboxylic acids is 3. The third-order valence-electron chi connectivity index (χ3n) is 6.35. The summed E-state index contributed by atoms with van der Waals surface area (Å²) in [6, 6.07) is 2.98. The fourth-order valence-electron chi connectivity index (χ4n) is 4.92. The lowest BCUT2D eigenvalue weighted by atomic mass is 9.80. The molecule has 1 saturated heterocycles. The highest BCUT2D eigenvalue weighted by molar-refractivity contribution is 5.98. The SMILES string of the molecule is COC(=O)C1CC(NC(C)(C)C)CCC1N1CC[C@H](NC(=O)c2cccc(C(F)(F)F)c2)C1=O. The van der Waals surface area contributed by atoms with Crippen molar-refractivity contribution in [2.45, 2.75) is 76.3 Å². The van der Waals surface area contributed by atoms with E-state index in [-0.39, 0.29) is 35.1 Å². The normalized spacial score (nSPS) is 25.9. The van der Waals surface area contributed by atoms with E-state index in [9.17, 15) is 27.6 Å². The number of amides is 2. The molecule has 10 heteroatoms. The van der Waals surface area contributed by atoms with E-state index in [1.165, 1.54) is 13.2 Å². The molecule has 1 heterocycles. The van der Waals surface area contributed by atoms with Gasteiger partial charge in [0.15, 0.2) is 0 Å². The summed E-state index contributed by atoms with van der Waals surface area (Å²) < 4.78 is 43.9. The molecule has 7 nitrogen and oxygen atoms in total. The van der Waals surface area contributed by atoms with Gasteiger partial charge in [0.25, 0.3) is 5.91 Å². The van der Waals surface area contributed by atoms with Crippen molar-refractivity contribution in [3.05, 3.63) is 35.4 Å². The third-order valence-corrected chi connectivity index (χ3v) is 6.35. The molecule has 3 rings (SSSR count). The summed E-state index contributed by atoms with van der Waals surface area (Å²) in [5.41, 5.74) is -1.22. The van der Waals surface area contributed by atoms with Crippen LogP contribution in [-0.4, -0.2) is 60.0 Å². The Morgan fingerprint density at radius 3 is 2.44 bits per heavy atom. The minimum absolute atomic E-state index is 0.106. The molecule has 2 N–H and O–H groups in total. The number of nitrogens with one attached hydrogen (secondary N) is 2. The van der Waals surface area contributed by atoms with Gasteiger partial charge in [0.05, 0.1) is 18.6 Å². The maximum Gasteiger partial charge on any atom is 0.416 e. The van der Waals surface area contributed by atoms with Crippen molar-refractivity contribution in [3.8, 4) is 0 Å². The number of methoxy groups -OCH3 is 1. The Bertz CT molecular complexity index is 929. The average Bonchev–Trinajstić information content (AvgIpc) is 3.11. The number of benzene rings is 1. The Morgan fingerprint density at radius 2 is 1.82 bits per heavy atom. The van der Waals surface area contributed by atoms with Gasteiger partial charge in [-0.25, -0.2) is 0 Å². The van der Waals surface area contributed by atoms with Crippen molar-refractivity contribution in [2.24, 2.45) is 5.92 Å². The smallest absolute Gasteiger partial charge is 0.416 e. The van der Waals surface area contributed by atoms with Gasteiger partial charge in [-0.2, -0.15) is 13.2 Å². The lowest BCUT2D eigenvalue weighted by Gasteiger charge is -2.41. The minimum Gasteiger partial charge on any atom is -0.469 e. The van der Waals surface area contributed by atoms with Gasteiger partial charge in [0.1, 0.15) is 6.04 Å². The van der Waals surface area contributed by atoms with Crippen LogP contribution in [-0.2, 0) is 20.5 Å². The van der Waals surface area contributed by atoms with E-state index in [1.807, 2.05) is 20.8 Å². The molecule has 1 aromatic carbocycles. The molecule has 34 heavy (non-hydrogen) atoms. The molecule has 1 aromatic rings. The molecule has 1 aliphatic carbocycles. The van der Waals surface area contributed by atoms with E-state index in [2.05, 4.69) is 10.6 Å². The standard InChI is InChI=1S/C24H32F3N3O4/c1-23(2,3)29-16-8-9-19(17(13-16)22(33)34-4)30-11-10-18(21(30)32)28-20(31)14-6-5-7-15(12-14)24(25,26)27/h5-7,12,16-19,29H,8-11,13H2,1-4H3,(H,28,31)/t16?,17?,18-,19?/m0/s1. The average molecular weight is 484 g/mol. The number of rotatable bonds is 5. The molecule has 188 valence electrons. The van der Waals surface area contributed by atoms with E-state index in [1.54, 1.807) is 4.90 Å². The van der Waals surface area contributed by atoms with Gasteiger partial charge in [-0.05, 0) is 64.7 Å². The minimum atomic E-state index is -4.57. The Morgan fingerprint density at radius 1 is 1.12 bits per heavy atom. The van der Waals surface area contributed by atoms with Crippen LogP contribution in [0.3, 0.4) is 0 Å². The van der Waals surface area contributed by atoms with Crippen molar-refractivity contribution in [2.75, 3.05) is 13.7 Å². The van der Waals surface area contributed by atoms with E-state index < -0.39 is 29.6 Å². The van der Waals surface area contributed by atoms with Crippen molar-refractivity contribution >= 4 is 17.8 Å². The Labute approximate surface area is 197 Å². The summed E-state index contributed by atoms with van der Waals surface area (Å²) in [5.74, 6) is -1.95. The second kappa shape index (κ2) is 9.93. The van der Waals surface area contributed by atoms with Gasteiger partial charge >= 0.3 is 12.1 Å². The van der Waals surface area contributed by atoms with Crippen molar-refractivity contribution in [1.82, 2.24) is 15.5 Å². The van der Waals surface area contributed by atoms with Crippen LogP contribution in [0.15, 0.2) is 24.3 Å². The van der Waals surface area contributed by atoms with Crippen LogP contribution in [0.1, 0.15) is 62.4 Å². The molecule has 1 aliphatic heterocycles. The Balaban J connectivity index is 1.69. The molecule has 1 saturated carbocycles. The van der Waals surface area contributed by atoms with Crippen LogP contribution in [0.4, 0.5) is 13.2 Å². The number of halogens is 3. The van der Waals surface area contributed by atoms with E-state index in [4.69, 9.17) is 4.74 Å². The fraction of sp³-hybridized carbons (Fsp3) is 0.625. The first-order valence-electron chi connectivity index (χ1n) is 11.4. The molecule has 0 radical (unpaired) electrons. The number of nitrogens with zero attached hydrogens (tertiary/aromatic N) is 1. The van der Waals surface area contributed by atoms with E-state index >= 15 is 0 Å². The second-order valence-corrected chi connectivity index (χ2v) is 10.0. The summed E-state index contributed by atoms with van der Waals surface area (Å²) >= 11 is 0. The topological polar surface area (TPSA) is 87.7 Å². The first kappa shape index (κ1) is 26.0. The predicted molar refractivity (Wildman–Crippen MR) is 119 cm³/mol. The number of likely N-dealkylation sites (tertiary alicyclic amines) is 1. The maximum atomic E-state index is 13.1. The van der Waals surface area contributed by atoms with E-state index in [0.717, 1.165) is 24.6 Å². The van der Waals surface area contributed by atoms with Crippen molar-refractivity contribution < 1.29 is 32.3 Å². The quantitative estimate of drug-likeness (QED) is 0.629. The first-order chi connectivity index (χ1) is 15.8. The van der Waals surface area contributed by atoms with Crippen molar-refractivity contribution in [1.29, 1.82) is 0 Å². The van der Waals surface area contributed by atoms with E-state index in [0.29, 0.717) is 25.8 Å². The van der Waals surface area contributed by atoms with Crippen LogP contribution in [0.25, 0.3) is 0 Å². The van der Waals surface area contributed by atoms with Crippen LogP contribution < -0.4 is 10.6 Å². The number of alkyl halides is 3. The molecule has 0 spiro atoms. The summed E-state index contributed by atoms with van der Waals surface area (Å²) in [7, 11) is 1.32. The number of hydrogen-bond acceptors (Lipinski definition) is 5. The zero-order valence-electron chi connectivity index (χ0n) is 19.9. The lowest BCUT2D eigenvalue weighted by molar-refractivity contribution is -0.151. The monoisotopic (exact) mass is 483 g/mol. The number of hydrogen-bond donors (Lipinski definition) is 2. The summed E-state index contributed by atoms with van der Waals surface area (Å²) in [6.07, 6.45) is -2.34. The summed E-state index contributed by atoms with van der Waals surface area (Å²) in [6.45, 7) is 6.50. The highest BCUT2D eigenvalue weighted by Gasteiger charge is 2.45. The molecule has 2 fully saturated rings. The Hall–Kier alpha value is -2.62. The molecule has 3 unspecified atom stereocenters. The predicted octanol–water partition coefficient (Wildman–Crippen LogP) is 3.13. The molecule has 2 amide bonds. The van der Waals surface area contributed by atoms with Crippen LogP contribution in [0.5, 0.6) is 0 Å². The molecule has 0 aromatic heterocycles. The fourth-order valence-corrected chi connectivity index (χ4v) is 4.92. The zero-order chi connectivity index (χ0) is 25.3. The van der Waals surface area contributed by atoms with Gasteiger partial charge in [-0.1, -0.05) is 6.07 Å². The third kappa shape index (κ3) is 6.08. The van der Waals surface area contributed by atoms with Gasteiger partial charge in [-0.15, -0.1) is 0 Å². The largest absolute Gasteiger partial charge is 0.469 e. The number of carbonyl (C=O) groups is 3. The molecular formula is C24H32F3N3O4. The summed E-state index contributed by atoms with van der Waals surface area (Å²) in [4.78, 5) is 39.9. The van der Waals surface area contributed by atoms with Crippen LogP contribution >= 0.6 is 0 Å². The maximum absolute atomic E-state index is 13.1. The second-order valence-electron chi connectivity index (χ2n) is 10.0. The molecule has 4 atom stereocenters. The highest BCUT2D eigenvalue weighted by atomic mass is 19.4. The van der Waals surface area contributed by atoms with Crippen molar-refractivity contribution in [3.63, 3.8) is 0 Å². The van der Waals surface area contributed by atoms with Gasteiger partial charge < -0.3 is 20.3 Å². The van der Waals surface area contributed by atoms with Crippen LogP contribution in [0.2, 0.25) is 0 Å². The first-order valence-corrected chi connectivity index (χ1v) is 11.4. The summed E-state index contributed by atoms with van der Waals surface area (Å²) in [5, 5.41) is 6.07. The lowest BCUT2D eigenvalue weighted by Crippen LogP contribution is -2.55. The number of esters is 1. The van der Waals surface area contributed by atoms with Gasteiger partial charge in [0, 0.05) is 29.7 Å².